The summed E-state index contributed by atoms with van der Waals surface area (Å²) in [5.41, 5.74) is 9.21. The summed E-state index contributed by atoms with van der Waals surface area (Å²) in [5.74, 6) is -0.194. The van der Waals surface area contributed by atoms with Gasteiger partial charge in [-0.1, -0.05) is 31.2 Å². The minimum Gasteiger partial charge on any atom is -0.370 e. The maximum absolute atomic E-state index is 13.2. The van der Waals surface area contributed by atoms with Crippen molar-refractivity contribution in [2.45, 2.75) is 25.9 Å². The van der Waals surface area contributed by atoms with E-state index in [0.717, 1.165) is 23.2 Å². The van der Waals surface area contributed by atoms with Crippen LogP contribution in [0.15, 0.2) is 48.5 Å². The van der Waals surface area contributed by atoms with E-state index < -0.39 is 0 Å². The van der Waals surface area contributed by atoms with Crippen molar-refractivity contribution in [3.8, 4) is 0 Å². The molecule has 2 aromatic rings. The number of halogens is 1. The number of nitrogens with zero attached hydrogens (tertiary/aromatic N) is 1. The van der Waals surface area contributed by atoms with Crippen LogP contribution >= 0.6 is 0 Å². The van der Waals surface area contributed by atoms with Gasteiger partial charge < -0.3 is 10.6 Å². The molecule has 2 nitrogen and oxygen atoms in total. The van der Waals surface area contributed by atoms with E-state index >= 15 is 0 Å². The zero-order valence-electron chi connectivity index (χ0n) is 12.0. The molecule has 0 saturated carbocycles. The Morgan fingerprint density at radius 1 is 1.15 bits per heavy atom. The Morgan fingerprint density at radius 2 is 1.85 bits per heavy atom. The molecule has 20 heavy (non-hydrogen) atoms. The second kappa shape index (κ2) is 6.53. The maximum atomic E-state index is 13.2. The highest BCUT2D eigenvalue weighted by atomic mass is 19.1. The maximum Gasteiger partial charge on any atom is 0.123 e. The van der Waals surface area contributed by atoms with Gasteiger partial charge in [-0.2, -0.15) is 0 Å². The molecule has 0 aromatic heterocycles. The van der Waals surface area contributed by atoms with Crippen molar-refractivity contribution in [3.05, 3.63) is 65.5 Å². The SMILES string of the molecule is CCC(N)c1ccc(N(C)Cc2cccc(F)c2)cc1. The number of benzene rings is 2. The fraction of sp³-hybridized carbons (Fsp3) is 0.294. The lowest BCUT2D eigenvalue weighted by atomic mass is 10.1. The minimum atomic E-state index is -0.194. The quantitative estimate of drug-likeness (QED) is 0.895. The topological polar surface area (TPSA) is 29.3 Å². The van der Waals surface area contributed by atoms with E-state index in [2.05, 4.69) is 36.1 Å². The first-order valence-corrected chi connectivity index (χ1v) is 6.91. The molecule has 2 aromatic carbocycles. The van der Waals surface area contributed by atoms with Gasteiger partial charge in [0, 0.05) is 25.3 Å². The molecule has 0 saturated heterocycles. The van der Waals surface area contributed by atoms with Gasteiger partial charge in [0.2, 0.25) is 0 Å². The highest BCUT2D eigenvalue weighted by Gasteiger charge is 2.06. The lowest BCUT2D eigenvalue weighted by molar-refractivity contribution is 0.625. The van der Waals surface area contributed by atoms with Crippen LogP contribution in [0.3, 0.4) is 0 Å². The average Bonchev–Trinajstić information content (AvgIpc) is 2.46. The van der Waals surface area contributed by atoms with Crippen LogP contribution in [0.5, 0.6) is 0 Å². The Hall–Kier alpha value is -1.87. The number of hydrogen-bond acceptors (Lipinski definition) is 2. The van der Waals surface area contributed by atoms with Crippen LogP contribution < -0.4 is 10.6 Å². The van der Waals surface area contributed by atoms with Crippen molar-refractivity contribution in [2.75, 3.05) is 11.9 Å². The second-order valence-electron chi connectivity index (χ2n) is 5.09. The van der Waals surface area contributed by atoms with E-state index in [-0.39, 0.29) is 11.9 Å². The predicted molar refractivity (Wildman–Crippen MR) is 82.2 cm³/mol. The molecule has 0 fully saturated rings. The molecule has 0 aliphatic heterocycles. The van der Waals surface area contributed by atoms with Crippen LogP contribution in [-0.4, -0.2) is 7.05 Å². The van der Waals surface area contributed by atoms with Gasteiger partial charge in [-0.05, 0) is 41.8 Å². The van der Waals surface area contributed by atoms with Gasteiger partial charge in [0.1, 0.15) is 5.82 Å². The van der Waals surface area contributed by atoms with Crippen LogP contribution in [0, 0.1) is 5.82 Å². The predicted octanol–water partition coefficient (Wildman–Crippen LogP) is 3.87. The molecule has 0 heterocycles. The monoisotopic (exact) mass is 272 g/mol. The van der Waals surface area contributed by atoms with Gasteiger partial charge in [0.15, 0.2) is 0 Å². The number of anilines is 1. The van der Waals surface area contributed by atoms with Crippen molar-refractivity contribution in [1.29, 1.82) is 0 Å². The molecule has 1 unspecified atom stereocenters. The molecular formula is C17H21FN2. The molecule has 1 atom stereocenters. The number of hydrogen-bond donors (Lipinski definition) is 1. The first-order valence-electron chi connectivity index (χ1n) is 6.91. The summed E-state index contributed by atoms with van der Waals surface area (Å²) in [6.45, 7) is 2.76. The number of rotatable bonds is 5. The lowest BCUT2D eigenvalue weighted by Gasteiger charge is -2.20. The van der Waals surface area contributed by atoms with Crippen molar-refractivity contribution < 1.29 is 4.39 Å². The minimum absolute atomic E-state index is 0.0950. The highest BCUT2D eigenvalue weighted by molar-refractivity contribution is 5.47. The van der Waals surface area contributed by atoms with Gasteiger partial charge in [-0.25, -0.2) is 4.39 Å². The first-order chi connectivity index (χ1) is 9.60. The van der Waals surface area contributed by atoms with Crippen LogP contribution in [0.2, 0.25) is 0 Å². The van der Waals surface area contributed by atoms with Gasteiger partial charge in [-0.3, -0.25) is 0 Å². The summed E-state index contributed by atoms with van der Waals surface area (Å²) in [6.07, 6.45) is 0.929. The summed E-state index contributed by atoms with van der Waals surface area (Å²) in [4.78, 5) is 2.09. The fourth-order valence-corrected chi connectivity index (χ4v) is 2.21. The van der Waals surface area contributed by atoms with Gasteiger partial charge in [-0.15, -0.1) is 0 Å². The molecule has 0 bridgehead atoms. The van der Waals surface area contributed by atoms with Gasteiger partial charge in [0.25, 0.3) is 0 Å². The Kier molecular flexibility index (Phi) is 4.74. The van der Waals surface area contributed by atoms with Crippen LogP contribution in [0.4, 0.5) is 10.1 Å². The molecule has 0 aliphatic rings. The van der Waals surface area contributed by atoms with E-state index in [9.17, 15) is 4.39 Å². The summed E-state index contributed by atoms with van der Waals surface area (Å²) in [6, 6.07) is 15.0. The smallest absolute Gasteiger partial charge is 0.123 e. The molecule has 0 spiro atoms. The first kappa shape index (κ1) is 14.5. The van der Waals surface area contributed by atoms with Crippen molar-refractivity contribution in [2.24, 2.45) is 5.73 Å². The van der Waals surface area contributed by atoms with Crippen LogP contribution in [0.25, 0.3) is 0 Å². The van der Waals surface area contributed by atoms with Gasteiger partial charge >= 0.3 is 0 Å². The van der Waals surface area contributed by atoms with Crippen LogP contribution in [-0.2, 0) is 6.54 Å². The summed E-state index contributed by atoms with van der Waals surface area (Å²) in [5, 5.41) is 0. The number of nitrogens with two attached hydrogens (primary N) is 1. The van der Waals surface area contributed by atoms with Crippen molar-refractivity contribution in [1.82, 2.24) is 0 Å². The third-order valence-corrected chi connectivity index (χ3v) is 3.51. The standard InChI is InChI=1S/C17H21FN2/c1-3-17(19)14-7-9-16(10-8-14)20(2)12-13-5-4-6-15(18)11-13/h4-11,17H,3,12,19H2,1-2H3. The largest absolute Gasteiger partial charge is 0.370 e. The van der Waals surface area contributed by atoms with E-state index in [1.807, 2.05) is 13.1 Å². The third-order valence-electron chi connectivity index (χ3n) is 3.51. The zero-order chi connectivity index (χ0) is 14.5. The molecule has 0 aliphatic carbocycles. The van der Waals surface area contributed by atoms with Crippen molar-refractivity contribution in [3.63, 3.8) is 0 Å². The van der Waals surface area contributed by atoms with E-state index in [4.69, 9.17) is 5.73 Å². The normalized spacial score (nSPS) is 12.2. The van der Waals surface area contributed by atoms with E-state index in [0.29, 0.717) is 6.54 Å². The van der Waals surface area contributed by atoms with E-state index in [1.54, 1.807) is 12.1 Å². The molecule has 2 rings (SSSR count). The van der Waals surface area contributed by atoms with Gasteiger partial charge in [0.05, 0.1) is 0 Å². The fourth-order valence-electron chi connectivity index (χ4n) is 2.21. The highest BCUT2D eigenvalue weighted by Crippen LogP contribution is 2.20. The Morgan fingerprint density at radius 3 is 2.45 bits per heavy atom. The lowest BCUT2D eigenvalue weighted by Crippen LogP contribution is -2.16. The molecule has 0 radical (unpaired) electrons. The summed E-state index contributed by atoms with van der Waals surface area (Å²) in [7, 11) is 2.00. The van der Waals surface area contributed by atoms with E-state index in [1.165, 1.54) is 6.07 Å². The summed E-state index contributed by atoms with van der Waals surface area (Å²) >= 11 is 0. The van der Waals surface area contributed by atoms with Crippen molar-refractivity contribution >= 4 is 5.69 Å². The summed E-state index contributed by atoms with van der Waals surface area (Å²) < 4.78 is 13.2. The molecule has 0 amide bonds. The molecule has 2 N–H and O–H groups in total. The molecule has 3 heteroatoms. The zero-order valence-corrected chi connectivity index (χ0v) is 12.0. The molecular weight excluding hydrogens is 251 g/mol. The molecule has 106 valence electrons. The third kappa shape index (κ3) is 3.58. The Bertz CT molecular complexity index is 551. The Balaban J connectivity index is 2.07. The second-order valence-corrected chi connectivity index (χ2v) is 5.09. The average molecular weight is 272 g/mol. The Labute approximate surface area is 120 Å². The van der Waals surface area contributed by atoms with Crippen LogP contribution in [0.1, 0.15) is 30.5 Å².